The van der Waals surface area contributed by atoms with Gasteiger partial charge in [0.1, 0.15) is 5.75 Å². The van der Waals surface area contributed by atoms with E-state index in [2.05, 4.69) is 4.74 Å². The average Bonchev–Trinajstić information content (AvgIpc) is 2.62. The zero-order chi connectivity index (χ0) is 14.0. The summed E-state index contributed by atoms with van der Waals surface area (Å²) < 4.78 is 9.63. The van der Waals surface area contributed by atoms with Gasteiger partial charge in [-0.1, -0.05) is 0 Å². The number of hydrogen-bond acceptors (Lipinski definition) is 5. The molecule has 0 radical (unpaired) electrons. The number of carbonyl (C=O) groups is 3. The van der Waals surface area contributed by atoms with Crippen molar-refractivity contribution in [1.82, 2.24) is 4.90 Å². The summed E-state index contributed by atoms with van der Waals surface area (Å²) in [4.78, 5) is 35.7. The number of fused-ring (bicyclic) bond motifs is 1. The van der Waals surface area contributed by atoms with E-state index in [1.165, 1.54) is 25.3 Å². The van der Waals surface area contributed by atoms with Gasteiger partial charge in [-0.2, -0.15) is 0 Å². The molecule has 0 spiro atoms. The molecule has 1 aromatic rings. The van der Waals surface area contributed by atoms with Crippen molar-refractivity contribution in [2.75, 3.05) is 13.7 Å². The van der Waals surface area contributed by atoms with E-state index < -0.39 is 5.91 Å². The molecule has 1 unspecified atom stereocenters. The summed E-state index contributed by atoms with van der Waals surface area (Å²) in [7, 11) is 1.50. The quantitative estimate of drug-likeness (QED) is 0.581. The van der Waals surface area contributed by atoms with Crippen molar-refractivity contribution < 1.29 is 23.9 Å². The molecule has 19 heavy (non-hydrogen) atoms. The van der Waals surface area contributed by atoms with Gasteiger partial charge in [-0.15, -0.1) is 0 Å². The van der Waals surface area contributed by atoms with Crippen LogP contribution in [-0.2, 0) is 9.53 Å². The van der Waals surface area contributed by atoms with Crippen molar-refractivity contribution >= 4 is 18.3 Å². The maximum atomic E-state index is 12.2. The van der Waals surface area contributed by atoms with Gasteiger partial charge in [-0.3, -0.25) is 19.3 Å². The molecule has 0 saturated carbocycles. The van der Waals surface area contributed by atoms with Crippen LogP contribution in [-0.4, -0.2) is 42.9 Å². The number of rotatable bonds is 5. The second-order valence-electron chi connectivity index (χ2n) is 4.21. The highest BCUT2D eigenvalue weighted by molar-refractivity contribution is 6.21. The van der Waals surface area contributed by atoms with E-state index in [0.29, 0.717) is 5.56 Å². The predicted molar refractivity (Wildman–Crippen MR) is 65.0 cm³/mol. The summed E-state index contributed by atoms with van der Waals surface area (Å²) in [6, 6.07) is 3.99. The first-order chi connectivity index (χ1) is 9.10. The van der Waals surface area contributed by atoms with Crippen LogP contribution in [0.2, 0.25) is 0 Å². The zero-order valence-corrected chi connectivity index (χ0v) is 10.6. The standard InChI is InChI=1S/C13H13NO5/c1-8(6-18-2)14-12(16)10-4-3-9(19-7-15)5-11(10)13(14)17/h3-5,7-8H,6H2,1-2H3. The van der Waals surface area contributed by atoms with E-state index in [1.807, 2.05) is 0 Å². The van der Waals surface area contributed by atoms with Crippen molar-refractivity contribution in [3.05, 3.63) is 29.3 Å². The normalized spacial score (nSPS) is 15.4. The summed E-state index contributed by atoms with van der Waals surface area (Å²) in [6.45, 7) is 2.27. The van der Waals surface area contributed by atoms with Gasteiger partial charge >= 0.3 is 0 Å². The molecule has 0 fully saturated rings. The van der Waals surface area contributed by atoms with Gasteiger partial charge in [-0.05, 0) is 25.1 Å². The van der Waals surface area contributed by atoms with Crippen LogP contribution in [0.15, 0.2) is 18.2 Å². The highest BCUT2D eigenvalue weighted by atomic mass is 16.5. The molecule has 0 aliphatic carbocycles. The van der Waals surface area contributed by atoms with Gasteiger partial charge in [-0.25, -0.2) is 0 Å². The van der Waals surface area contributed by atoms with Gasteiger partial charge < -0.3 is 9.47 Å². The average molecular weight is 263 g/mol. The molecule has 1 heterocycles. The fraction of sp³-hybridized carbons (Fsp3) is 0.308. The van der Waals surface area contributed by atoms with E-state index >= 15 is 0 Å². The van der Waals surface area contributed by atoms with E-state index in [1.54, 1.807) is 6.92 Å². The third kappa shape index (κ3) is 2.22. The molecule has 0 N–H and O–H groups in total. The number of imide groups is 1. The molecule has 0 aromatic heterocycles. The molecule has 6 nitrogen and oxygen atoms in total. The monoisotopic (exact) mass is 263 g/mol. The first-order valence-electron chi connectivity index (χ1n) is 5.71. The Hall–Kier alpha value is -2.21. The number of nitrogens with zero attached hydrogens (tertiary/aromatic N) is 1. The van der Waals surface area contributed by atoms with E-state index in [4.69, 9.17) is 4.74 Å². The molecule has 1 aromatic carbocycles. The summed E-state index contributed by atoms with van der Waals surface area (Å²) in [5.41, 5.74) is 0.554. The number of ether oxygens (including phenoxy) is 2. The second-order valence-corrected chi connectivity index (χ2v) is 4.21. The van der Waals surface area contributed by atoms with Crippen LogP contribution in [0.25, 0.3) is 0 Å². The van der Waals surface area contributed by atoms with Gasteiger partial charge in [0, 0.05) is 7.11 Å². The highest BCUT2D eigenvalue weighted by Crippen LogP contribution is 2.28. The Morgan fingerprint density at radius 2 is 1.95 bits per heavy atom. The van der Waals surface area contributed by atoms with Crippen molar-refractivity contribution in [2.45, 2.75) is 13.0 Å². The third-order valence-corrected chi connectivity index (χ3v) is 2.92. The smallest absolute Gasteiger partial charge is 0.298 e. The number of benzene rings is 1. The maximum absolute atomic E-state index is 12.2. The largest absolute Gasteiger partial charge is 0.429 e. The fourth-order valence-corrected chi connectivity index (χ4v) is 2.08. The Kier molecular flexibility index (Phi) is 3.62. The topological polar surface area (TPSA) is 72.9 Å². The van der Waals surface area contributed by atoms with Crippen LogP contribution in [0.4, 0.5) is 0 Å². The summed E-state index contributed by atoms with van der Waals surface area (Å²) in [5.74, 6) is -0.528. The zero-order valence-electron chi connectivity index (χ0n) is 10.6. The number of amides is 2. The third-order valence-electron chi connectivity index (χ3n) is 2.92. The first kappa shape index (κ1) is 13.2. The van der Waals surface area contributed by atoms with Crippen molar-refractivity contribution in [2.24, 2.45) is 0 Å². The molecule has 1 aliphatic heterocycles. The Balaban J connectivity index is 2.35. The van der Waals surface area contributed by atoms with Gasteiger partial charge in [0.15, 0.2) is 0 Å². The molecular weight excluding hydrogens is 250 g/mol. The van der Waals surface area contributed by atoms with Crippen molar-refractivity contribution in [1.29, 1.82) is 0 Å². The van der Waals surface area contributed by atoms with E-state index in [0.717, 1.165) is 4.90 Å². The summed E-state index contributed by atoms with van der Waals surface area (Å²) >= 11 is 0. The van der Waals surface area contributed by atoms with Gasteiger partial charge in [0.05, 0.1) is 23.8 Å². The lowest BCUT2D eigenvalue weighted by Crippen LogP contribution is -2.40. The SMILES string of the molecule is COCC(C)N1C(=O)c2ccc(OC=O)cc2C1=O. The molecule has 2 amide bonds. The Labute approximate surface area is 109 Å². The minimum Gasteiger partial charge on any atom is -0.429 e. The van der Waals surface area contributed by atoms with E-state index in [9.17, 15) is 14.4 Å². The van der Waals surface area contributed by atoms with Crippen LogP contribution in [0, 0.1) is 0 Å². The molecule has 2 rings (SSSR count). The number of hydrogen-bond donors (Lipinski definition) is 0. The predicted octanol–water partition coefficient (Wildman–Crippen LogP) is 0.853. The summed E-state index contributed by atoms with van der Waals surface area (Å²) in [5, 5.41) is 0. The molecular formula is C13H13NO5. The van der Waals surface area contributed by atoms with Crippen LogP contribution >= 0.6 is 0 Å². The Morgan fingerprint density at radius 1 is 1.26 bits per heavy atom. The van der Waals surface area contributed by atoms with Gasteiger partial charge in [0.2, 0.25) is 0 Å². The Bertz CT molecular complexity index is 540. The molecule has 0 bridgehead atoms. The lowest BCUT2D eigenvalue weighted by atomic mass is 10.1. The van der Waals surface area contributed by atoms with Crippen LogP contribution in [0.3, 0.4) is 0 Å². The molecule has 1 atom stereocenters. The highest BCUT2D eigenvalue weighted by Gasteiger charge is 2.38. The minimum atomic E-state index is -0.402. The lowest BCUT2D eigenvalue weighted by molar-refractivity contribution is -0.120. The van der Waals surface area contributed by atoms with Gasteiger partial charge in [0.25, 0.3) is 18.3 Å². The van der Waals surface area contributed by atoms with Crippen molar-refractivity contribution in [3.8, 4) is 5.75 Å². The molecule has 6 heteroatoms. The fourth-order valence-electron chi connectivity index (χ4n) is 2.08. The lowest BCUT2D eigenvalue weighted by Gasteiger charge is -2.21. The van der Waals surface area contributed by atoms with E-state index in [-0.39, 0.29) is 36.3 Å². The molecule has 1 aliphatic rings. The maximum Gasteiger partial charge on any atom is 0.298 e. The van der Waals surface area contributed by atoms with Crippen molar-refractivity contribution in [3.63, 3.8) is 0 Å². The first-order valence-corrected chi connectivity index (χ1v) is 5.71. The minimum absolute atomic E-state index is 0.233. The number of methoxy groups -OCH3 is 1. The van der Waals surface area contributed by atoms with Crippen LogP contribution < -0.4 is 4.74 Å². The molecule has 0 saturated heterocycles. The second kappa shape index (κ2) is 5.19. The van der Waals surface area contributed by atoms with Crippen LogP contribution in [0.5, 0.6) is 5.75 Å². The Morgan fingerprint density at radius 3 is 2.58 bits per heavy atom. The van der Waals surface area contributed by atoms with Crippen LogP contribution in [0.1, 0.15) is 27.6 Å². The molecule has 100 valence electrons. The number of carbonyl (C=O) groups excluding carboxylic acids is 3. The summed E-state index contributed by atoms with van der Waals surface area (Å²) in [6.07, 6.45) is 0.